The summed E-state index contributed by atoms with van der Waals surface area (Å²) >= 11 is 2.14. The van der Waals surface area contributed by atoms with Gasteiger partial charge in [-0.15, -0.1) is 0 Å². The van der Waals surface area contributed by atoms with Gasteiger partial charge in [-0.3, -0.25) is 0 Å². The number of hydrogen-bond acceptors (Lipinski definition) is 2. The predicted octanol–water partition coefficient (Wildman–Crippen LogP) is 11.7. The van der Waals surface area contributed by atoms with Crippen molar-refractivity contribution in [2.75, 3.05) is 0 Å². The van der Waals surface area contributed by atoms with Crippen LogP contribution in [0, 0.1) is 22.8 Å². The Labute approximate surface area is 330 Å². The van der Waals surface area contributed by atoms with Gasteiger partial charge in [0.05, 0.1) is 0 Å². The van der Waals surface area contributed by atoms with Crippen LogP contribution in [0.2, 0.25) is 0 Å². The van der Waals surface area contributed by atoms with E-state index in [-0.39, 0.29) is 17.0 Å². The fourth-order valence-electron chi connectivity index (χ4n) is 7.90. The molecular formula is C47H42N4OPt-2. The minimum atomic E-state index is -2.40. The third-order valence-electron chi connectivity index (χ3n) is 10.7. The zero-order chi connectivity index (χ0) is 41.6. The van der Waals surface area contributed by atoms with Crippen molar-refractivity contribution in [2.24, 2.45) is 6.98 Å². The first-order valence-electron chi connectivity index (χ1n) is 21.0. The second kappa shape index (κ2) is 12.8. The van der Waals surface area contributed by atoms with Crippen LogP contribution in [0.15, 0.2) is 109 Å². The number of benzene rings is 5. The zero-order valence-electron chi connectivity index (χ0n) is 36.0. The smallest absolute Gasteiger partial charge is 0.238 e. The topological polar surface area (TPSA) is 36.9 Å². The van der Waals surface area contributed by atoms with Crippen molar-refractivity contribution in [3.8, 4) is 28.4 Å². The average Bonchev–Trinajstić information content (AvgIpc) is 3.68. The molecule has 3 aromatic heterocycles. The number of ether oxygens (including phenoxy) is 1. The van der Waals surface area contributed by atoms with E-state index in [0.717, 1.165) is 56.9 Å². The van der Waals surface area contributed by atoms with E-state index in [4.69, 9.17) is 17.9 Å². The molecule has 0 N–H and O–H groups in total. The van der Waals surface area contributed by atoms with Gasteiger partial charge in [-0.05, 0) is 41.1 Å². The maximum atomic E-state index is 8.58. The van der Waals surface area contributed by atoms with E-state index in [1.54, 1.807) is 12.3 Å². The Hall–Kier alpha value is -4.99. The van der Waals surface area contributed by atoms with E-state index in [9.17, 15) is 0 Å². The molecule has 2 unspecified atom stereocenters. The van der Waals surface area contributed by atoms with E-state index in [1.807, 2.05) is 83.4 Å². The molecule has 0 saturated carbocycles. The molecule has 5 aromatic carbocycles. The monoisotopic (exact) mass is 879 g/mol. The molecule has 1 aliphatic carbocycles. The SMILES string of the molecule is [2H]C([2H])([2H])c1cc(-n2c3[c-]c(Oc4[c-]c5c(cc4)C(C)CCC5n4[c](=[Pt])n(C([2H])([2H])[2H])c5ccccc54)ccc3c3ccccc32)ncc1-c1ccc(C(C)(C)C)cc1. The van der Waals surface area contributed by atoms with Crippen molar-refractivity contribution in [3.63, 3.8) is 0 Å². The molecule has 0 bridgehead atoms. The summed E-state index contributed by atoms with van der Waals surface area (Å²) in [5, 5.41) is 1.90. The van der Waals surface area contributed by atoms with Crippen molar-refractivity contribution >= 4 is 32.8 Å². The molecule has 0 amide bonds. The van der Waals surface area contributed by atoms with Gasteiger partial charge in [-0.1, -0.05) is 63.2 Å². The van der Waals surface area contributed by atoms with Gasteiger partial charge < -0.3 is 0 Å². The minimum Gasteiger partial charge on any atom is -0.238 e. The molecule has 0 radical (unpaired) electrons. The molecule has 5 nitrogen and oxygen atoms in total. The maximum absolute atomic E-state index is 8.58. The van der Waals surface area contributed by atoms with Crippen molar-refractivity contribution in [1.82, 2.24) is 18.7 Å². The van der Waals surface area contributed by atoms with Crippen molar-refractivity contribution in [3.05, 3.63) is 148 Å². The number of aromatic nitrogens is 4. The molecule has 1 aliphatic rings. The van der Waals surface area contributed by atoms with E-state index >= 15 is 0 Å². The second-order valence-electron chi connectivity index (χ2n) is 15.1. The van der Waals surface area contributed by atoms with Crippen LogP contribution >= 0.6 is 0 Å². The van der Waals surface area contributed by atoms with Crippen molar-refractivity contribution in [1.29, 1.82) is 0 Å². The number of rotatable bonds is 5. The molecular weight excluding hydrogens is 832 g/mol. The summed E-state index contributed by atoms with van der Waals surface area (Å²) in [7, 11) is 0. The van der Waals surface area contributed by atoms with Gasteiger partial charge in [0.15, 0.2) is 0 Å². The van der Waals surface area contributed by atoms with E-state index in [2.05, 4.69) is 81.9 Å². The number of aryl methyl sites for hydroxylation is 2. The van der Waals surface area contributed by atoms with E-state index in [1.165, 1.54) is 4.57 Å². The van der Waals surface area contributed by atoms with Crippen molar-refractivity contribution < 1.29 is 32.3 Å². The Morgan fingerprint density at radius 3 is 2.34 bits per heavy atom. The summed E-state index contributed by atoms with van der Waals surface area (Å²) in [6.45, 7) is 3.92. The predicted molar refractivity (Wildman–Crippen MR) is 212 cm³/mol. The Morgan fingerprint density at radius 1 is 0.830 bits per heavy atom. The number of pyridine rings is 1. The molecule has 6 heteroatoms. The van der Waals surface area contributed by atoms with Crippen LogP contribution in [0.5, 0.6) is 11.5 Å². The summed E-state index contributed by atoms with van der Waals surface area (Å²) in [5.74, 6) is 1.74. The van der Waals surface area contributed by atoms with Gasteiger partial charge >= 0.3 is 206 Å². The number of para-hydroxylation sites is 3. The van der Waals surface area contributed by atoms with Crippen LogP contribution in [-0.2, 0) is 31.7 Å². The van der Waals surface area contributed by atoms with Gasteiger partial charge in [0.25, 0.3) is 0 Å². The molecule has 0 spiro atoms. The molecule has 53 heavy (non-hydrogen) atoms. The first-order valence-corrected chi connectivity index (χ1v) is 19.1. The van der Waals surface area contributed by atoms with Crippen LogP contribution in [0.3, 0.4) is 0 Å². The number of nitrogens with zero attached hydrogens (tertiary/aromatic N) is 4. The Kier molecular flexibility index (Phi) is 6.69. The molecule has 0 aliphatic heterocycles. The Bertz CT molecular complexity index is 2990. The van der Waals surface area contributed by atoms with Gasteiger partial charge in [-0.2, -0.15) is 0 Å². The molecule has 2 atom stereocenters. The summed E-state index contributed by atoms with van der Waals surface area (Å²) in [5.41, 5.74) is 7.91. The Balaban J connectivity index is 1.14. The Morgan fingerprint density at radius 2 is 1.57 bits per heavy atom. The van der Waals surface area contributed by atoms with Gasteiger partial charge in [-0.25, -0.2) is 4.98 Å². The number of imidazole rings is 1. The van der Waals surface area contributed by atoms with E-state index < -0.39 is 13.8 Å². The number of fused-ring (bicyclic) bond motifs is 5. The molecule has 8 aromatic rings. The molecule has 9 rings (SSSR count). The summed E-state index contributed by atoms with van der Waals surface area (Å²) in [6, 6.07) is 40.3. The first-order chi connectivity index (χ1) is 28.0. The van der Waals surface area contributed by atoms with E-state index in [0.29, 0.717) is 43.6 Å². The van der Waals surface area contributed by atoms with Crippen molar-refractivity contribution in [2.45, 2.75) is 64.8 Å². The van der Waals surface area contributed by atoms with Crippen LogP contribution in [0.25, 0.3) is 49.8 Å². The standard InChI is InChI=1S/C47H42N4O.Pt/c1-30-15-24-41(50-29-49(6)43-13-9-10-14-44(43)50)39-26-34(20-22-36(30)39)52-35-21-23-38-37-11-7-8-12-42(37)51(45(38)27-35)46-25-31(2)40(28-48-46)32-16-18-33(19-17-32)47(3,4)5;/h7-14,16-23,25,28,30,41H,15,24H2,1-6H3;/q-2;/i2D3,6D3;. The summed E-state index contributed by atoms with van der Waals surface area (Å²) in [4.78, 5) is 4.90. The minimum absolute atomic E-state index is 0.0361. The zero-order valence-corrected chi connectivity index (χ0v) is 32.2. The quantitative estimate of drug-likeness (QED) is 0.162. The normalized spacial score (nSPS) is 18.2. The fourth-order valence-corrected chi connectivity index (χ4v) is 8.81. The van der Waals surface area contributed by atoms with Gasteiger partial charge in [0, 0.05) is 15.9 Å². The van der Waals surface area contributed by atoms with Crippen LogP contribution in [0.1, 0.15) is 83.0 Å². The van der Waals surface area contributed by atoms with Crippen LogP contribution in [-0.4, -0.2) is 18.7 Å². The summed E-state index contributed by atoms with van der Waals surface area (Å²) < 4.78 is 63.5. The second-order valence-corrected chi connectivity index (χ2v) is 16.1. The van der Waals surface area contributed by atoms with Crippen LogP contribution < -0.4 is 4.74 Å². The molecule has 0 saturated heterocycles. The molecule has 0 fully saturated rings. The third-order valence-corrected chi connectivity index (χ3v) is 11.8. The average molecular weight is 880 g/mol. The first kappa shape index (κ1) is 27.6. The molecule has 3 heterocycles. The van der Waals surface area contributed by atoms with Crippen LogP contribution in [0.4, 0.5) is 0 Å². The van der Waals surface area contributed by atoms with Gasteiger partial charge in [0.1, 0.15) is 0 Å². The fraction of sp³-hybridized carbons (Fsp3) is 0.234. The molecule has 268 valence electrons. The number of hydrogen-bond donors (Lipinski definition) is 0. The third kappa shape index (κ3) is 5.72. The summed E-state index contributed by atoms with van der Waals surface area (Å²) in [6.07, 6.45) is 3.42. The van der Waals surface area contributed by atoms with Gasteiger partial charge in [0.2, 0.25) is 0 Å².